The first-order valence-electron chi connectivity index (χ1n) is 3.03. The smallest absolute Gasteiger partial charge is 0.405 e. The highest BCUT2D eigenvalue weighted by molar-refractivity contribution is 5.69. The van der Waals surface area contributed by atoms with Crippen LogP contribution in [0.3, 0.4) is 0 Å². The molecule has 4 N–H and O–H groups in total. The molecule has 7 nitrogen and oxygen atoms in total. The number of nitrogen functional groups attached to an aromatic ring is 1. The largest absolute Gasteiger partial charge is 0.410 e. The van der Waals surface area contributed by atoms with Crippen LogP contribution in [0.15, 0.2) is 11.0 Å². The van der Waals surface area contributed by atoms with Crippen LogP contribution in [0.5, 0.6) is 5.75 Å². The molecule has 0 spiro atoms. The molecule has 1 aromatic rings. The summed E-state index contributed by atoms with van der Waals surface area (Å²) in [5.41, 5.74) is 8.47. The number of rotatable bonds is 1. The predicted molar refractivity (Wildman–Crippen MR) is 39.6 cm³/mol. The minimum absolute atomic E-state index is 0.408. The van der Waals surface area contributed by atoms with Gasteiger partial charge in [-0.3, -0.25) is 0 Å². The number of anilines is 1. The van der Waals surface area contributed by atoms with Crippen molar-refractivity contribution < 1.29 is 14.0 Å². The van der Waals surface area contributed by atoms with Gasteiger partial charge in [-0.05, 0) is 0 Å². The van der Waals surface area contributed by atoms with Gasteiger partial charge < -0.3 is 16.2 Å². The maximum atomic E-state index is 12.6. The molecule has 0 radical (unpaired) electrons. The molecule has 1 aromatic heterocycles. The summed E-state index contributed by atoms with van der Waals surface area (Å²) >= 11 is 0. The average molecular weight is 188 g/mol. The van der Waals surface area contributed by atoms with E-state index in [1.165, 1.54) is 0 Å². The van der Waals surface area contributed by atoms with Crippen molar-refractivity contribution in [3.63, 3.8) is 0 Å². The maximum Gasteiger partial charge on any atom is 0.410 e. The van der Waals surface area contributed by atoms with E-state index in [9.17, 15) is 14.1 Å². The van der Waals surface area contributed by atoms with Crippen molar-refractivity contribution >= 4 is 11.9 Å². The van der Waals surface area contributed by atoms with E-state index in [2.05, 4.69) is 15.5 Å². The minimum Gasteiger partial charge on any atom is -0.405 e. The number of ether oxygens (including phenoxy) is 1. The van der Waals surface area contributed by atoms with Gasteiger partial charge in [-0.2, -0.15) is 4.98 Å². The molecule has 1 heterocycles. The third-order valence-corrected chi connectivity index (χ3v) is 1.13. The number of hydrogen-bond acceptors (Lipinski definition) is 5. The Kier molecular flexibility index (Phi) is 2.13. The summed E-state index contributed by atoms with van der Waals surface area (Å²) in [5.74, 6) is -1.08. The highest BCUT2D eigenvalue weighted by atomic mass is 19.2. The second kappa shape index (κ2) is 3.09. The molecule has 0 bridgehead atoms. The van der Waals surface area contributed by atoms with E-state index in [1.807, 2.05) is 0 Å². The van der Waals surface area contributed by atoms with Gasteiger partial charge in [0.25, 0.3) is 0 Å². The topological polar surface area (TPSA) is 113 Å². The van der Waals surface area contributed by atoms with Gasteiger partial charge >= 0.3 is 11.8 Å². The van der Waals surface area contributed by atoms with Crippen molar-refractivity contribution in [2.45, 2.75) is 0 Å². The molecule has 0 saturated heterocycles. The molecule has 0 aliphatic heterocycles. The third-order valence-electron chi connectivity index (χ3n) is 1.13. The normalized spacial score (nSPS) is 9.62. The van der Waals surface area contributed by atoms with Crippen molar-refractivity contribution in [2.24, 2.45) is 5.73 Å². The predicted octanol–water partition coefficient (Wildman–Crippen LogP) is -0.984. The molecule has 0 unspecified atom stereocenters. The van der Waals surface area contributed by atoms with Crippen LogP contribution >= 0.6 is 0 Å². The zero-order valence-corrected chi connectivity index (χ0v) is 6.23. The van der Waals surface area contributed by atoms with Crippen LogP contribution in [-0.4, -0.2) is 15.9 Å². The summed E-state index contributed by atoms with van der Waals surface area (Å²) < 4.78 is 16.9. The fourth-order valence-electron chi connectivity index (χ4n) is 0.617. The molecule has 0 fully saturated rings. The van der Waals surface area contributed by atoms with Crippen molar-refractivity contribution in [3.05, 3.63) is 16.7 Å². The number of hydrogen-bond donors (Lipinski definition) is 2. The Labute approximate surface area is 70.7 Å². The van der Waals surface area contributed by atoms with Gasteiger partial charge in [-0.15, -0.1) is 4.79 Å². The van der Waals surface area contributed by atoms with Crippen LogP contribution in [0, 0.1) is 0 Å². The number of nitrogens with two attached hydrogens (primary N) is 2. The van der Waals surface area contributed by atoms with Crippen LogP contribution < -0.4 is 21.9 Å². The molecule has 0 aliphatic rings. The number of nitrogens with zero attached hydrogens (tertiary/aromatic N) is 2. The molecule has 0 saturated carbocycles. The van der Waals surface area contributed by atoms with Gasteiger partial charge in [0.2, 0.25) is 0 Å². The Morgan fingerprint density at radius 2 is 2.31 bits per heavy atom. The lowest BCUT2D eigenvalue weighted by Gasteiger charge is -2.03. The molecule has 13 heavy (non-hydrogen) atoms. The van der Waals surface area contributed by atoms with E-state index < -0.39 is 28.1 Å². The molecule has 1 amide bonds. The molecular weight excluding hydrogens is 183 g/mol. The highest BCUT2D eigenvalue weighted by Crippen LogP contribution is 2.16. The Balaban J connectivity index is 3.18. The van der Waals surface area contributed by atoms with Crippen LogP contribution in [0.1, 0.15) is 0 Å². The lowest BCUT2D eigenvalue weighted by atomic mass is 10.5. The molecule has 0 aliphatic carbocycles. The summed E-state index contributed by atoms with van der Waals surface area (Å²) in [7, 11) is 0. The maximum absolute atomic E-state index is 12.6. The van der Waals surface area contributed by atoms with Crippen molar-refractivity contribution in [1.82, 2.24) is 9.77 Å². The average Bonchev–Trinajstić information content (AvgIpc) is 2.06. The number of carbonyl (C=O) groups excluding carboxylic acids is 1. The standard InChI is InChI=1S/C5H5FN4O3/c6-10-3(7)2(13-4(8)11)1-9-5(10)12/h1H,7H2,(H2,8,11). The number of primary amides is 1. The molecule has 70 valence electrons. The summed E-state index contributed by atoms with van der Waals surface area (Å²) in [4.78, 5) is 23.3. The molecule has 0 atom stereocenters. The minimum atomic E-state index is -1.20. The second-order valence-corrected chi connectivity index (χ2v) is 1.99. The van der Waals surface area contributed by atoms with Crippen LogP contribution in [0.25, 0.3) is 0 Å². The van der Waals surface area contributed by atoms with Gasteiger partial charge in [0, 0.05) is 0 Å². The van der Waals surface area contributed by atoms with Crippen molar-refractivity contribution in [1.29, 1.82) is 0 Å². The van der Waals surface area contributed by atoms with Gasteiger partial charge in [0.1, 0.15) is 0 Å². The van der Waals surface area contributed by atoms with Gasteiger partial charge in [-0.1, -0.05) is 4.48 Å². The van der Waals surface area contributed by atoms with Gasteiger partial charge in [-0.25, -0.2) is 9.59 Å². The summed E-state index contributed by atoms with van der Waals surface area (Å²) in [6.07, 6.45) is -0.370. The van der Waals surface area contributed by atoms with E-state index in [-0.39, 0.29) is 0 Å². The van der Waals surface area contributed by atoms with Crippen LogP contribution in [0.2, 0.25) is 0 Å². The zero-order valence-electron chi connectivity index (χ0n) is 6.23. The Hall–Kier alpha value is -2.12. The first-order chi connectivity index (χ1) is 6.02. The van der Waals surface area contributed by atoms with Crippen molar-refractivity contribution in [2.75, 3.05) is 5.73 Å². The lowest BCUT2D eigenvalue weighted by molar-refractivity contribution is 0.209. The van der Waals surface area contributed by atoms with E-state index in [0.717, 1.165) is 6.20 Å². The summed E-state index contributed by atoms with van der Waals surface area (Å²) in [6, 6.07) is 0. The Morgan fingerprint density at radius 3 is 2.85 bits per heavy atom. The summed E-state index contributed by atoms with van der Waals surface area (Å²) in [5, 5.41) is 0. The van der Waals surface area contributed by atoms with E-state index in [1.54, 1.807) is 0 Å². The van der Waals surface area contributed by atoms with Crippen molar-refractivity contribution in [3.8, 4) is 5.75 Å². The quantitative estimate of drug-likeness (QED) is 0.587. The molecule has 1 rings (SSSR count). The lowest BCUT2D eigenvalue weighted by Crippen LogP contribution is -2.23. The zero-order chi connectivity index (χ0) is 10.0. The molecular formula is C5H5FN4O3. The summed E-state index contributed by atoms with van der Waals surface area (Å²) in [6.45, 7) is 0. The Bertz CT molecular complexity index is 401. The number of halogens is 1. The van der Waals surface area contributed by atoms with E-state index in [4.69, 9.17) is 5.73 Å². The molecule has 8 heteroatoms. The fraction of sp³-hybridized carbons (Fsp3) is 0. The van der Waals surface area contributed by atoms with Gasteiger partial charge in [0.15, 0.2) is 11.6 Å². The van der Waals surface area contributed by atoms with E-state index >= 15 is 0 Å². The number of carbonyl (C=O) groups is 1. The SMILES string of the molecule is NC(=O)Oc1cnc(=O)n(F)c1N. The van der Waals surface area contributed by atoms with Gasteiger partial charge in [0.05, 0.1) is 6.20 Å². The highest BCUT2D eigenvalue weighted by Gasteiger charge is 2.10. The van der Waals surface area contributed by atoms with E-state index in [0.29, 0.717) is 0 Å². The monoisotopic (exact) mass is 188 g/mol. The second-order valence-electron chi connectivity index (χ2n) is 1.99. The van der Waals surface area contributed by atoms with Crippen LogP contribution in [-0.2, 0) is 0 Å². The first-order valence-corrected chi connectivity index (χ1v) is 3.03. The third kappa shape index (κ3) is 1.72. The Morgan fingerprint density at radius 1 is 1.69 bits per heavy atom. The number of aromatic nitrogens is 2. The molecule has 0 aromatic carbocycles. The number of amides is 1. The van der Waals surface area contributed by atoms with Crippen LogP contribution in [0.4, 0.5) is 15.1 Å². The first kappa shape index (κ1) is 8.97. The fourth-order valence-corrected chi connectivity index (χ4v) is 0.617.